The van der Waals surface area contributed by atoms with E-state index in [-0.39, 0.29) is 12.4 Å². The van der Waals surface area contributed by atoms with Gasteiger partial charge in [0.1, 0.15) is 0 Å². The van der Waals surface area contributed by atoms with E-state index in [2.05, 4.69) is 36.9 Å². The largest absolute Gasteiger partial charge is 0.298 e. The maximum Gasteiger partial charge on any atom is 0.168 e. The fraction of sp³-hybridized carbons (Fsp3) is 0.952. The van der Waals surface area contributed by atoms with Gasteiger partial charge in [0.15, 0.2) is 5.82 Å². The summed E-state index contributed by atoms with van der Waals surface area (Å²) in [5.74, 6) is 1.14. The second kappa shape index (κ2) is 10.9. The smallest absolute Gasteiger partial charge is 0.168 e. The summed E-state index contributed by atoms with van der Waals surface area (Å²) in [6, 6.07) is 1.77. The molecule has 2 aliphatic carbocycles. The Labute approximate surface area is 176 Å². The maximum atomic E-state index is 4.56. The molecule has 0 spiro atoms. The molecule has 3 aliphatic rings. The van der Waals surface area contributed by atoms with Crippen LogP contribution in [0, 0.1) is 0 Å². The molecule has 160 valence electrons. The Morgan fingerprint density at radius 2 is 1.54 bits per heavy atom. The van der Waals surface area contributed by atoms with Crippen LogP contribution >= 0.6 is 12.4 Å². The Bertz CT molecular complexity index is 559. The molecular weight excluding hydrogens is 372 g/mol. The molecule has 28 heavy (non-hydrogen) atoms. The van der Waals surface area contributed by atoms with Crippen LogP contribution in [0.5, 0.6) is 0 Å². The molecule has 1 aromatic rings. The van der Waals surface area contributed by atoms with Crippen molar-refractivity contribution < 1.29 is 0 Å². The van der Waals surface area contributed by atoms with Crippen molar-refractivity contribution >= 4 is 12.4 Å². The van der Waals surface area contributed by atoms with Crippen molar-refractivity contribution in [2.24, 2.45) is 0 Å². The van der Waals surface area contributed by atoms with Crippen LogP contribution in [0.1, 0.15) is 102 Å². The van der Waals surface area contributed by atoms with Gasteiger partial charge in [-0.3, -0.25) is 9.80 Å². The highest BCUT2D eigenvalue weighted by Crippen LogP contribution is 2.33. The molecule has 1 aromatic heterocycles. The van der Waals surface area contributed by atoms with E-state index >= 15 is 0 Å². The number of aromatic nitrogens is 4. The lowest BCUT2D eigenvalue weighted by atomic mass is 9.95. The van der Waals surface area contributed by atoms with Gasteiger partial charge in [-0.15, -0.1) is 17.5 Å². The van der Waals surface area contributed by atoms with E-state index < -0.39 is 0 Å². The molecule has 2 heterocycles. The number of hydrogen-bond donors (Lipinski definition) is 0. The summed E-state index contributed by atoms with van der Waals surface area (Å²) in [7, 11) is 0. The van der Waals surface area contributed by atoms with Gasteiger partial charge in [0.05, 0.1) is 12.1 Å². The van der Waals surface area contributed by atoms with Crippen LogP contribution in [0.25, 0.3) is 0 Å². The number of tetrazole rings is 1. The average Bonchev–Trinajstić information content (AvgIpc) is 3.42. The molecular formula is C21H39ClN6. The Kier molecular flexibility index (Phi) is 8.54. The standard InChI is InChI=1S/C21H38N6.ClH/c1-2-3-13-20(21-22-23-24-27(21)19-11-5-4-6-12-19)26-16-14-25(15-17-26)18-9-7-8-10-18;/h18-20H,2-17H2,1H3;1H. The molecule has 2 saturated carbocycles. The van der Waals surface area contributed by atoms with Gasteiger partial charge in [0.25, 0.3) is 0 Å². The van der Waals surface area contributed by atoms with E-state index in [1.165, 1.54) is 103 Å². The molecule has 1 saturated heterocycles. The zero-order valence-corrected chi connectivity index (χ0v) is 18.5. The Morgan fingerprint density at radius 3 is 2.21 bits per heavy atom. The number of halogens is 1. The van der Waals surface area contributed by atoms with E-state index in [9.17, 15) is 0 Å². The highest BCUT2D eigenvalue weighted by Gasteiger charge is 2.33. The molecule has 0 bridgehead atoms. The van der Waals surface area contributed by atoms with E-state index in [4.69, 9.17) is 0 Å². The van der Waals surface area contributed by atoms with Gasteiger partial charge in [-0.2, -0.15) is 0 Å². The minimum atomic E-state index is 0. The van der Waals surface area contributed by atoms with Crippen molar-refractivity contribution in [1.82, 2.24) is 30.0 Å². The van der Waals surface area contributed by atoms with Gasteiger partial charge in [0, 0.05) is 32.2 Å². The molecule has 1 aliphatic heterocycles. The quantitative estimate of drug-likeness (QED) is 0.667. The summed E-state index contributed by atoms with van der Waals surface area (Å²) in [5, 5.41) is 13.1. The first-order chi connectivity index (χ1) is 13.4. The molecule has 0 N–H and O–H groups in total. The Morgan fingerprint density at radius 1 is 0.893 bits per heavy atom. The van der Waals surface area contributed by atoms with Crippen molar-refractivity contribution in [3.05, 3.63) is 5.82 Å². The second-order valence-electron chi connectivity index (χ2n) is 8.94. The van der Waals surface area contributed by atoms with Crippen LogP contribution in [-0.4, -0.2) is 62.2 Å². The fourth-order valence-electron chi connectivity index (χ4n) is 5.56. The summed E-state index contributed by atoms with van der Waals surface area (Å²) >= 11 is 0. The number of rotatable bonds is 7. The summed E-state index contributed by atoms with van der Waals surface area (Å²) in [5.41, 5.74) is 0. The average molecular weight is 411 g/mol. The first-order valence-corrected chi connectivity index (χ1v) is 11.6. The predicted octanol–water partition coefficient (Wildman–Crippen LogP) is 4.39. The first-order valence-electron chi connectivity index (χ1n) is 11.6. The molecule has 4 rings (SSSR count). The molecule has 1 atom stereocenters. The van der Waals surface area contributed by atoms with E-state index in [0.29, 0.717) is 12.1 Å². The zero-order valence-electron chi connectivity index (χ0n) is 17.6. The number of nitrogens with zero attached hydrogens (tertiary/aromatic N) is 6. The van der Waals surface area contributed by atoms with Crippen LogP contribution in [-0.2, 0) is 0 Å². The Balaban J connectivity index is 0.00000225. The molecule has 0 amide bonds. The molecule has 6 nitrogen and oxygen atoms in total. The van der Waals surface area contributed by atoms with Gasteiger partial charge >= 0.3 is 0 Å². The van der Waals surface area contributed by atoms with Gasteiger partial charge < -0.3 is 0 Å². The summed E-state index contributed by atoms with van der Waals surface area (Å²) in [4.78, 5) is 5.44. The van der Waals surface area contributed by atoms with Crippen LogP contribution in [0.4, 0.5) is 0 Å². The van der Waals surface area contributed by atoms with Crippen LogP contribution in [0.3, 0.4) is 0 Å². The van der Waals surface area contributed by atoms with Crippen molar-refractivity contribution in [3.63, 3.8) is 0 Å². The van der Waals surface area contributed by atoms with Gasteiger partial charge in [0.2, 0.25) is 0 Å². The lowest BCUT2D eigenvalue weighted by Gasteiger charge is -2.41. The van der Waals surface area contributed by atoms with Crippen LogP contribution < -0.4 is 0 Å². The minimum Gasteiger partial charge on any atom is -0.298 e. The molecule has 7 heteroatoms. The maximum absolute atomic E-state index is 4.56. The first kappa shape index (κ1) is 22.0. The lowest BCUT2D eigenvalue weighted by molar-refractivity contribution is 0.0610. The van der Waals surface area contributed by atoms with E-state index in [0.717, 1.165) is 11.9 Å². The van der Waals surface area contributed by atoms with Gasteiger partial charge in [-0.1, -0.05) is 51.9 Å². The highest BCUT2D eigenvalue weighted by atomic mass is 35.5. The van der Waals surface area contributed by atoms with Crippen molar-refractivity contribution in [3.8, 4) is 0 Å². The van der Waals surface area contributed by atoms with Crippen LogP contribution in [0.2, 0.25) is 0 Å². The third-order valence-electron chi connectivity index (χ3n) is 7.20. The molecule has 3 fully saturated rings. The van der Waals surface area contributed by atoms with Gasteiger partial charge in [-0.05, 0) is 42.5 Å². The summed E-state index contributed by atoms with van der Waals surface area (Å²) in [6.07, 6.45) is 15.9. The summed E-state index contributed by atoms with van der Waals surface area (Å²) < 4.78 is 2.21. The highest BCUT2D eigenvalue weighted by molar-refractivity contribution is 5.85. The SMILES string of the molecule is CCCCC(c1nnnn1C1CCCCC1)N1CCN(C2CCCC2)CC1.Cl. The number of unbranched alkanes of at least 4 members (excludes halogenated alkanes) is 1. The van der Waals surface area contributed by atoms with Crippen LogP contribution in [0.15, 0.2) is 0 Å². The summed E-state index contributed by atoms with van der Waals surface area (Å²) in [6.45, 7) is 7.07. The molecule has 0 radical (unpaired) electrons. The van der Waals surface area contributed by atoms with Crippen molar-refractivity contribution in [2.45, 2.75) is 102 Å². The van der Waals surface area contributed by atoms with Crippen molar-refractivity contribution in [1.29, 1.82) is 0 Å². The topological polar surface area (TPSA) is 50.1 Å². The molecule has 1 unspecified atom stereocenters. The predicted molar refractivity (Wildman–Crippen MR) is 115 cm³/mol. The van der Waals surface area contributed by atoms with Crippen molar-refractivity contribution in [2.75, 3.05) is 26.2 Å². The number of hydrogen-bond acceptors (Lipinski definition) is 5. The Hall–Kier alpha value is -0.720. The number of piperazine rings is 1. The fourth-order valence-corrected chi connectivity index (χ4v) is 5.56. The monoisotopic (exact) mass is 410 g/mol. The molecule has 0 aromatic carbocycles. The third-order valence-corrected chi connectivity index (χ3v) is 7.20. The van der Waals surface area contributed by atoms with Gasteiger partial charge in [-0.25, -0.2) is 4.68 Å². The second-order valence-corrected chi connectivity index (χ2v) is 8.94. The minimum absolute atomic E-state index is 0. The normalized spacial score (nSPS) is 24.3. The van der Waals surface area contributed by atoms with E-state index in [1.54, 1.807) is 0 Å². The zero-order chi connectivity index (χ0) is 18.5. The van der Waals surface area contributed by atoms with E-state index in [1.807, 2.05) is 0 Å². The lowest BCUT2D eigenvalue weighted by Crippen LogP contribution is -2.51. The third kappa shape index (κ3) is 5.06.